The molecule has 0 spiro atoms. The normalized spacial score (nSPS) is 17.7. The molecule has 0 amide bonds. The standard InChI is InChI=1S/C22H20N2/c1-4-15-6-8-17-19-14-20(24-11-2-10-23(19)12-3-13-24)18-9-7-16(5-1)21(15)22(17)18/h1,4-9,14H,2-3,10-13H2. The molecule has 1 fully saturated rings. The summed E-state index contributed by atoms with van der Waals surface area (Å²) in [5, 5.41) is 8.50. The lowest BCUT2D eigenvalue weighted by molar-refractivity contribution is 0.613. The molecule has 4 aromatic carbocycles. The van der Waals surface area contributed by atoms with Gasteiger partial charge in [0.05, 0.1) is 0 Å². The zero-order valence-corrected chi connectivity index (χ0v) is 13.8. The fourth-order valence-electron chi connectivity index (χ4n) is 4.93. The molecule has 0 radical (unpaired) electrons. The minimum atomic E-state index is 1.18. The first kappa shape index (κ1) is 12.9. The van der Waals surface area contributed by atoms with Gasteiger partial charge in [0.25, 0.3) is 0 Å². The van der Waals surface area contributed by atoms with Crippen LogP contribution in [0.4, 0.5) is 11.4 Å². The summed E-state index contributed by atoms with van der Waals surface area (Å²) in [4.78, 5) is 5.26. The Kier molecular flexibility index (Phi) is 2.43. The van der Waals surface area contributed by atoms with E-state index in [1.165, 1.54) is 82.7 Å². The summed E-state index contributed by atoms with van der Waals surface area (Å²) in [5.41, 5.74) is 2.89. The lowest BCUT2D eigenvalue weighted by atomic mass is 9.91. The number of anilines is 2. The van der Waals surface area contributed by atoms with Crippen molar-refractivity contribution in [3.8, 4) is 0 Å². The van der Waals surface area contributed by atoms with Gasteiger partial charge in [0, 0.05) is 53.7 Å². The van der Waals surface area contributed by atoms with Gasteiger partial charge in [-0.05, 0) is 35.1 Å². The van der Waals surface area contributed by atoms with Crippen LogP contribution in [0.3, 0.4) is 0 Å². The van der Waals surface area contributed by atoms with E-state index in [-0.39, 0.29) is 0 Å². The van der Waals surface area contributed by atoms with Gasteiger partial charge in [-0.1, -0.05) is 42.5 Å². The minimum Gasteiger partial charge on any atom is -0.371 e. The van der Waals surface area contributed by atoms with Crippen molar-refractivity contribution in [1.82, 2.24) is 0 Å². The first-order valence-corrected chi connectivity index (χ1v) is 9.10. The quantitative estimate of drug-likeness (QED) is 0.421. The third kappa shape index (κ3) is 1.56. The smallest absolute Gasteiger partial charge is 0.0467 e. The molecule has 0 atom stereocenters. The third-order valence-corrected chi connectivity index (χ3v) is 6.00. The molecule has 4 bridgehead atoms. The van der Waals surface area contributed by atoms with E-state index in [0.29, 0.717) is 0 Å². The zero-order valence-electron chi connectivity index (χ0n) is 13.8. The summed E-state index contributed by atoms with van der Waals surface area (Å²) in [6, 6.07) is 18.4. The molecule has 7 rings (SSSR count). The van der Waals surface area contributed by atoms with Crippen LogP contribution in [0.15, 0.2) is 48.5 Å². The third-order valence-electron chi connectivity index (χ3n) is 6.00. The summed E-state index contributed by atoms with van der Waals surface area (Å²) >= 11 is 0. The van der Waals surface area contributed by atoms with Crippen molar-refractivity contribution in [3.63, 3.8) is 0 Å². The highest BCUT2D eigenvalue weighted by Crippen LogP contribution is 2.45. The molecule has 0 unspecified atom stereocenters. The first-order valence-electron chi connectivity index (χ1n) is 9.10. The Morgan fingerprint density at radius 3 is 1.67 bits per heavy atom. The molecule has 0 N–H and O–H groups in total. The Hall–Kier alpha value is -2.48. The Bertz CT molecular complexity index is 995. The SMILES string of the molecule is c1cc2ccc3c4cc(c5ccc(c1)c2c35)N1CCCN4CCC1. The van der Waals surface area contributed by atoms with E-state index in [1.54, 1.807) is 0 Å². The second-order valence-corrected chi connectivity index (χ2v) is 7.28. The largest absolute Gasteiger partial charge is 0.371 e. The molecule has 0 aliphatic carbocycles. The number of hydrogen-bond donors (Lipinski definition) is 0. The zero-order chi connectivity index (χ0) is 15.7. The molecule has 0 aromatic heterocycles. The van der Waals surface area contributed by atoms with Crippen LogP contribution < -0.4 is 9.80 Å². The Morgan fingerprint density at radius 2 is 1.12 bits per heavy atom. The molecule has 4 aromatic rings. The van der Waals surface area contributed by atoms with Crippen molar-refractivity contribution < 1.29 is 0 Å². The first-order chi connectivity index (χ1) is 11.9. The van der Waals surface area contributed by atoms with Gasteiger partial charge in [-0.15, -0.1) is 0 Å². The summed E-state index contributed by atoms with van der Waals surface area (Å²) in [6.07, 6.45) is 2.51. The van der Waals surface area contributed by atoms with Crippen LogP contribution in [-0.2, 0) is 0 Å². The highest BCUT2D eigenvalue weighted by Gasteiger charge is 2.24. The maximum Gasteiger partial charge on any atom is 0.0467 e. The predicted molar refractivity (Wildman–Crippen MR) is 104 cm³/mol. The molecule has 1 saturated heterocycles. The summed E-state index contributed by atoms with van der Waals surface area (Å²) < 4.78 is 0. The fourth-order valence-corrected chi connectivity index (χ4v) is 4.93. The van der Waals surface area contributed by atoms with Crippen molar-refractivity contribution in [2.45, 2.75) is 12.8 Å². The molecule has 2 nitrogen and oxygen atoms in total. The fraction of sp³-hybridized carbons (Fsp3) is 0.273. The van der Waals surface area contributed by atoms with Crippen LogP contribution >= 0.6 is 0 Å². The average Bonchev–Trinajstić information content (AvgIpc) is 2.57. The van der Waals surface area contributed by atoms with Gasteiger partial charge in [-0.2, -0.15) is 0 Å². The van der Waals surface area contributed by atoms with Crippen LogP contribution in [0.25, 0.3) is 32.3 Å². The number of benzene rings is 4. The number of hydrogen-bond acceptors (Lipinski definition) is 2. The van der Waals surface area contributed by atoms with E-state index in [1.807, 2.05) is 0 Å². The Morgan fingerprint density at radius 1 is 0.583 bits per heavy atom. The predicted octanol–water partition coefficient (Wildman–Crippen LogP) is 5.00. The maximum absolute atomic E-state index is 2.63. The second-order valence-electron chi connectivity index (χ2n) is 7.28. The van der Waals surface area contributed by atoms with E-state index in [0.717, 1.165) is 0 Å². The molecule has 2 heteroatoms. The van der Waals surface area contributed by atoms with Crippen LogP contribution in [0.2, 0.25) is 0 Å². The van der Waals surface area contributed by atoms with E-state index >= 15 is 0 Å². The van der Waals surface area contributed by atoms with E-state index in [4.69, 9.17) is 0 Å². The van der Waals surface area contributed by atoms with Gasteiger partial charge in [0.15, 0.2) is 0 Å². The van der Waals surface area contributed by atoms with Gasteiger partial charge in [-0.25, -0.2) is 0 Å². The van der Waals surface area contributed by atoms with Gasteiger partial charge >= 0.3 is 0 Å². The summed E-state index contributed by atoms with van der Waals surface area (Å²) in [7, 11) is 0. The lowest BCUT2D eigenvalue weighted by Crippen LogP contribution is -2.39. The molecule has 3 aliphatic rings. The van der Waals surface area contributed by atoms with Gasteiger partial charge in [-0.3, -0.25) is 0 Å². The van der Waals surface area contributed by atoms with Crippen molar-refractivity contribution >= 4 is 43.7 Å². The van der Waals surface area contributed by atoms with Gasteiger partial charge in [0.2, 0.25) is 0 Å². The number of rotatable bonds is 0. The average molecular weight is 312 g/mol. The highest BCUT2D eigenvalue weighted by atomic mass is 15.2. The molecule has 118 valence electrons. The van der Waals surface area contributed by atoms with Crippen molar-refractivity contribution in [1.29, 1.82) is 0 Å². The molecule has 0 saturated carbocycles. The Labute approximate surface area is 141 Å². The van der Waals surface area contributed by atoms with E-state index in [9.17, 15) is 0 Å². The number of fused-ring (bicyclic) bond motifs is 4. The van der Waals surface area contributed by atoms with Crippen LogP contribution in [0.1, 0.15) is 12.8 Å². The lowest BCUT2D eigenvalue weighted by Gasteiger charge is -2.38. The molecule has 3 aliphatic heterocycles. The van der Waals surface area contributed by atoms with Gasteiger partial charge in [0.1, 0.15) is 0 Å². The molecule has 3 heterocycles. The van der Waals surface area contributed by atoms with Crippen LogP contribution in [-0.4, -0.2) is 26.2 Å². The maximum atomic E-state index is 2.63. The summed E-state index contributed by atoms with van der Waals surface area (Å²) in [6.45, 7) is 4.72. The number of nitrogens with zero attached hydrogens (tertiary/aromatic N) is 2. The Balaban J connectivity index is 1.87. The van der Waals surface area contributed by atoms with E-state index in [2.05, 4.69) is 58.3 Å². The highest BCUT2D eigenvalue weighted by molar-refractivity contribution is 6.27. The molecular weight excluding hydrogens is 292 g/mol. The monoisotopic (exact) mass is 312 g/mol. The molecular formula is C22H20N2. The van der Waals surface area contributed by atoms with Crippen molar-refractivity contribution in [2.24, 2.45) is 0 Å². The topological polar surface area (TPSA) is 6.48 Å². The van der Waals surface area contributed by atoms with Crippen molar-refractivity contribution in [2.75, 3.05) is 36.0 Å². The van der Waals surface area contributed by atoms with Crippen LogP contribution in [0, 0.1) is 0 Å². The van der Waals surface area contributed by atoms with E-state index < -0.39 is 0 Å². The summed E-state index contributed by atoms with van der Waals surface area (Å²) in [5.74, 6) is 0. The second kappa shape index (κ2) is 4.54. The van der Waals surface area contributed by atoms with Crippen molar-refractivity contribution in [3.05, 3.63) is 48.5 Å². The van der Waals surface area contributed by atoms with Crippen LogP contribution in [0.5, 0.6) is 0 Å². The van der Waals surface area contributed by atoms with Gasteiger partial charge < -0.3 is 9.80 Å². The molecule has 24 heavy (non-hydrogen) atoms. The minimum absolute atomic E-state index is 1.18.